The van der Waals surface area contributed by atoms with E-state index in [1.165, 1.54) is 0 Å². The van der Waals surface area contributed by atoms with Gasteiger partial charge in [0.15, 0.2) is 0 Å². The van der Waals surface area contributed by atoms with Crippen LogP contribution >= 0.6 is 0 Å². The topological polar surface area (TPSA) is 50.2 Å². The smallest absolute Gasteiger partial charge is 0.220 e. The summed E-state index contributed by atoms with van der Waals surface area (Å²) in [7, 11) is 1.87. The summed E-state index contributed by atoms with van der Waals surface area (Å²) in [6, 6.07) is 3.37. The fourth-order valence-electron chi connectivity index (χ4n) is 3.18. The molecule has 1 aliphatic rings. The number of carbonyl (C=O) groups excluding carboxylic acids is 1. The SMILES string of the molecule is Cn1cc(N2CCC[C@@H](NC(=O)CCc3cc(F)ccc3F)C2)cn1. The maximum absolute atomic E-state index is 13.6. The van der Waals surface area contributed by atoms with Crippen molar-refractivity contribution < 1.29 is 13.6 Å². The van der Waals surface area contributed by atoms with Crippen LogP contribution in [0.5, 0.6) is 0 Å². The molecule has 1 saturated heterocycles. The summed E-state index contributed by atoms with van der Waals surface area (Å²) in [5.41, 5.74) is 1.28. The molecule has 1 aliphatic heterocycles. The van der Waals surface area contributed by atoms with Crippen LogP contribution in [0.15, 0.2) is 30.6 Å². The third kappa shape index (κ3) is 4.55. The number of rotatable bonds is 5. The number of hydrogen-bond acceptors (Lipinski definition) is 3. The van der Waals surface area contributed by atoms with Gasteiger partial charge in [0.25, 0.3) is 0 Å². The highest BCUT2D eigenvalue weighted by atomic mass is 19.1. The maximum atomic E-state index is 13.6. The third-order valence-electron chi connectivity index (χ3n) is 4.47. The number of piperidine rings is 1. The highest BCUT2D eigenvalue weighted by Gasteiger charge is 2.22. The number of carbonyl (C=O) groups is 1. The van der Waals surface area contributed by atoms with Crippen molar-refractivity contribution in [3.63, 3.8) is 0 Å². The Hall–Kier alpha value is -2.44. The van der Waals surface area contributed by atoms with Crippen LogP contribution in [0.1, 0.15) is 24.8 Å². The van der Waals surface area contributed by atoms with E-state index in [0.29, 0.717) is 0 Å². The van der Waals surface area contributed by atoms with Crippen molar-refractivity contribution in [1.82, 2.24) is 15.1 Å². The van der Waals surface area contributed by atoms with E-state index in [1.807, 2.05) is 19.4 Å². The molecule has 134 valence electrons. The molecule has 2 aromatic rings. The second-order valence-electron chi connectivity index (χ2n) is 6.46. The first-order chi connectivity index (χ1) is 12.0. The van der Waals surface area contributed by atoms with E-state index in [1.54, 1.807) is 4.68 Å². The van der Waals surface area contributed by atoms with Gasteiger partial charge in [-0.05, 0) is 43.0 Å². The summed E-state index contributed by atoms with van der Waals surface area (Å²) in [4.78, 5) is 14.4. The standard InChI is InChI=1S/C18H22F2N4O/c1-23-12-16(10-21-23)24-8-2-3-15(11-24)22-18(25)7-4-13-9-14(19)5-6-17(13)20/h5-6,9-10,12,15H,2-4,7-8,11H2,1H3,(H,22,25)/t15-/m1/s1. The zero-order valence-electron chi connectivity index (χ0n) is 14.2. The molecule has 1 fully saturated rings. The molecule has 1 amide bonds. The van der Waals surface area contributed by atoms with Crippen LogP contribution in [0, 0.1) is 11.6 Å². The number of nitrogens with one attached hydrogen (secondary N) is 1. The molecule has 0 aliphatic carbocycles. The number of benzene rings is 1. The number of anilines is 1. The molecule has 5 nitrogen and oxygen atoms in total. The second-order valence-corrected chi connectivity index (χ2v) is 6.46. The summed E-state index contributed by atoms with van der Waals surface area (Å²) in [5, 5.41) is 7.18. The van der Waals surface area contributed by atoms with Gasteiger partial charge in [0.1, 0.15) is 11.6 Å². The van der Waals surface area contributed by atoms with Gasteiger partial charge >= 0.3 is 0 Å². The monoisotopic (exact) mass is 348 g/mol. The number of amides is 1. The second kappa shape index (κ2) is 7.63. The van der Waals surface area contributed by atoms with E-state index in [9.17, 15) is 13.6 Å². The van der Waals surface area contributed by atoms with Crippen molar-refractivity contribution in [3.8, 4) is 0 Å². The summed E-state index contributed by atoms with van der Waals surface area (Å²) in [6.45, 7) is 1.67. The lowest BCUT2D eigenvalue weighted by molar-refractivity contribution is -0.121. The molecule has 2 heterocycles. The lowest BCUT2D eigenvalue weighted by Gasteiger charge is -2.33. The Morgan fingerprint density at radius 1 is 1.40 bits per heavy atom. The molecule has 1 N–H and O–H groups in total. The van der Waals surface area contributed by atoms with Gasteiger partial charge in [0.05, 0.1) is 11.9 Å². The Bertz CT molecular complexity index is 746. The Kier molecular flexibility index (Phi) is 5.31. The van der Waals surface area contributed by atoms with Crippen LogP contribution in [0.25, 0.3) is 0 Å². The van der Waals surface area contributed by atoms with Crippen molar-refractivity contribution in [3.05, 3.63) is 47.8 Å². The quantitative estimate of drug-likeness (QED) is 0.903. The van der Waals surface area contributed by atoms with Gasteiger partial charge in [-0.1, -0.05) is 0 Å². The predicted octanol–water partition coefficient (Wildman–Crippen LogP) is 2.42. The Morgan fingerprint density at radius 3 is 3.00 bits per heavy atom. The minimum atomic E-state index is -0.490. The number of hydrogen-bond donors (Lipinski definition) is 1. The van der Waals surface area contributed by atoms with Gasteiger partial charge in [0, 0.05) is 38.8 Å². The highest BCUT2D eigenvalue weighted by Crippen LogP contribution is 2.19. The van der Waals surface area contributed by atoms with Crippen molar-refractivity contribution in [1.29, 1.82) is 0 Å². The molecule has 3 rings (SSSR count). The zero-order chi connectivity index (χ0) is 17.8. The first-order valence-corrected chi connectivity index (χ1v) is 8.48. The minimum absolute atomic E-state index is 0.0545. The lowest BCUT2D eigenvalue weighted by Crippen LogP contribution is -2.47. The number of aryl methyl sites for hydroxylation is 2. The van der Waals surface area contributed by atoms with Crippen LogP contribution in [0.4, 0.5) is 14.5 Å². The first-order valence-electron chi connectivity index (χ1n) is 8.48. The van der Waals surface area contributed by atoms with E-state index in [2.05, 4.69) is 15.3 Å². The van der Waals surface area contributed by atoms with Gasteiger partial charge in [-0.25, -0.2) is 8.78 Å². The van der Waals surface area contributed by atoms with Gasteiger partial charge in [-0.3, -0.25) is 9.48 Å². The van der Waals surface area contributed by atoms with E-state index < -0.39 is 11.6 Å². The normalized spacial score (nSPS) is 17.6. The molecule has 0 saturated carbocycles. The van der Waals surface area contributed by atoms with Gasteiger partial charge < -0.3 is 10.2 Å². The molecular formula is C18H22F2N4O. The van der Waals surface area contributed by atoms with Crippen LogP contribution in [-0.2, 0) is 18.3 Å². The molecule has 25 heavy (non-hydrogen) atoms. The molecule has 0 spiro atoms. The fraction of sp³-hybridized carbons (Fsp3) is 0.444. The molecule has 7 heteroatoms. The van der Waals surface area contributed by atoms with E-state index in [4.69, 9.17) is 0 Å². The van der Waals surface area contributed by atoms with Crippen molar-refractivity contribution in [2.24, 2.45) is 7.05 Å². The Balaban J connectivity index is 1.51. The molecule has 0 radical (unpaired) electrons. The average molecular weight is 348 g/mol. The van der Waals surface area contributed by atoms with Crippen LogP contribution in [0.3, 0.4) is 0 Å². The summed E-state index contributed by atoms with van der Waals surface area (Å²) in [6.07, 6.45) is 6.00. The molecule has 1 aromatic heterocycles. The van der Waals surface area contributed by atoms with E-state index >= 15 is 0 Å². The number of halogens is 2. The molecule has 1 atom stereocenters. The summed E-state index contributed by atoms with van der Waals surface area (Å²) < 4.78 is 28.5. The predicted molar refractivity (Wildman–Crippen MR) is 91.3 cm³/mol. The minimum Gasteiger partial charge on any atom is -0.367 e. The van der Waals surface area contributed by atoms with Crippen LogP contribution < -0.4 is 10.2 Å². The molecular weight excluding hydrogens is 326 g/mol. The third-order valence-corrected chi connectivity index (χ3v) is 4.47. The average Bonchev–Trinajstić information content (AvgIpc) is 3.02. The van der Waals surface area contributed by atoms with Crippen molar-refractivity contribution >= 4 is 11.6 Å². The molecule has 1 aromatic carbocycles. The van der Waals surface area contributed by atoms with E-state index in [0.717, 1.165) is 49.8 Å². The van der Waals surface area contributed by atoms with Crippen molar-refractivity contribution in [2.75, 3.05) is 18.0 Å². The molecule has 0 unspecified atom stereocenters. The van der Waals surface area contributed by atoms with Gasteiger partial charge in [-0.15, -0.1) is 0 Å². The number of aromatic nitrogens is 2. The van der Waals surface area contributed by atoms with E-state index in [-0.39, 0.29) is 30.4 Å². The van der Waals surface area contributed by atoms with Crippen LogP contribution in [-0.4, -0.2) is 34.8 Å². The number of nitrogens with zero attached hydrogens (tertiary/aromatic N) is 3. The maximum Gasteiger partial charge on any atom is 0.220 e. The largest absolute Gasteiger partial charge is 0.367 e. The van der Waals surface area contributed by atoms with Gasteiger partial charge in [0.2, 0.25) is 5.91 Å². The van der Waals surface area contributed by atoms with Crippen molar-refractivity contribution in [2.45, 2.75) is 31.7 Å². The lowest BCUT2D eigenvalue weighted by atomic mass is 10.0. The van der Waals surface area contributed by atoms with Gasteiger partial charge in [-0.2, -0.15) is 5.10 Å². The summed E-state index contributed by atoms with van der Waals surface area (Å²) >= 11 is 0. The summed E-state index contributed by atoms with van der Waals surface area (Å²) in [5.74, 6) is -1.10. The Labute approximate surface area is 145 Å². The Morgan fingerprint density at radius 2 is 2.24 bits per heavy atom. The van der Waals surface area contributed by atoms with Crippen LogP contribution in [0.2, 0.25) is 0 Å². The molecule has 0 bridgehead atoms. The fourth-order valence-corrected chi connectivity index (χ4v) is 3.18. The first kappa shape index (κ1) is 17.4. The highest BCUT2D eigenvalue weighted by molar-refractivity contribution is 5.76. The zero-order valence-corrected chi connectivity index (χ0v) is 14.2.